The van der Waals surface area contributed by atoms with E-state index in [1.165, 1.54) is 12.3 Å². The molecule has 0 aromatic carbocycles. The third-order valence-corrected chi connectivity index (χ3v) is 3.76. The maximum atomic E-state index is 12.0. The number of alkyl carbamates (subject to hydrolysis) is 1. The molecule has 1 aromatic rings. The molecule has 0 unspecified atom stereocenters. The van der Waals surface area contributed by atoms with Crippen molar-refractivity contribution < 1.29 is 14.5 Å². The van der Waals surface area contributed by atoms with Crippen LogP contribution in [0.2, 0.25) is 0 Å². The van der Waals surface area contributed by atoms with Gasteiger partial charge in [0.15, 0.2) is 0 Å². The van der Waals surface area contributed by atoms with Gasteiger partial charge in [0, 0.05) is 12.1 Å². The number of nitrogens with zero attached hydrogens (tertiary/aromatic N) is 2. The molecule has 1 aromatic heterocycles. The van der Waals surface area contributed by atoms with Crippen molar-refractivity contribution in [3.8, 4) is 0 Å². The summed E-state index contributed by atoms with van der Waals surface area (Å²) in [7, 11) is 0. The van der Waals surface area contributed by atoms with E-state index in [-0.39, 0.29) is 17.8 Å². The maximum absolute atomic E-state index is 12.0. The monoisotopic (exact) mass is 336 g/mol. The van der Waals surface area contributed by atoms with Gasteiger partial charge in [-0.1, -0.05) is 12.8 Å². The van der Waals surface area contributed by atoms with Gasteiger partial charge in [-0.25, -0.2) is 9.78 Å². The van der Waals surface area contributed by atoms with E-state index in [1.807, 2.05) is 20.8 Å². The van der Waals surface area contributed by atoms with Crippen LogP contribution < -0.4 is 10.6 Å². The van der Waals surface area contributed by atoms with Crippen molar-refractivity contribution in [1.29, 1.82) is 0 Å². The summed E-state index contributed by atoms with van der Waals surface area (Å²) in [6.45, 7) is 5.47. The molecule has 0 bridgehead atoms. The van der Waals surface area contributed by atoms with Gasteiger partial charge < -0.3 is 15.4 Å². The number of carbonyl (C=O) groups excluding carboxylic acids is 1. The zero-order valence-electron chi connectivity index (χ0n) is 14.2. The third kappa shape index (κ3) is 5.36. The van der Waals surface area contributed by atoms with Crippen molar-refractivity contribution in [3.63, 3.8) is 0 Å². The lowest BCUT2D eigenvalue weighted by Crippen LogP contribution is -2.49. The Balaban J connectivity index is 1.98. The number of anilines is 1. The van der Waals surface area contributed by atoms with Crippen LogP contribution in [0.4, 0.5) is 16.3 Å². The van der Waals surface area contributed by atoms with Gasteiger partial charge in [0.1, 0.15) is 17.6 Å². The van der Waals surface area contributed by atoms with Crippen LogP contribution in [0.3, 0.4) is 0 Å². The minimum Gasteiger partial charge on any atom is -0.444 e. The molecule has 2 atom stereocenters. The summed E-state index contributed by atoms with van der Waals surface area (Å²) in [5.41, 5.74) is -0.589. The highest BCUT2D eigenvalue weighted by Crippen LogP contribution is 2.23. The van der Waals surface area contributed by atoms with Gasteiger partial charge >= 0.3 is 6.09 Å². The van der Waals surface area contributed by atoms with Crippen molar-refractivity contribution >= 4 is 17.6 Å². The Labute approximate surface area is 141 Å². The highest BCUT2D eigenvalue weighted by molar-refractivity contribution is 5.68. The first kappa shape index (κ1) is 18.0. The lowest BCUT2D eigenvalue weighted by atomic mass is 9.90. The summed E-state index contributed by atoms with van der Waals surface area (Å²) >= 11 is 0. The highest BCUT2D eigenvalue weighted by Gasteiger charge is 2.28. The summed E-state index contributed by atoms with van der Waals surface area (Å²) in [5, 5.41) is 16.9. The number of amides is 1. The van der Waals surface area contributed by atoms with Gasteiger partial charge in [0.2, 0.25) is 0 Å². The van der Waals surface area contributed by atoms with Gasteiger partial charge in [0.25, 0.3) is 5.69 Å². The van der Waals surface area contributed by atoms with E-state index in [1.54, 1.807) is 6.07 Å². The molecule has 1 aliphatic carbocycles. The molecule has 2 N–H and O–H groups in total. The molecule has 1 aliphatic rings. The molecule has 1 amide bonds. The fraction of sp³-hybridized carbons (Fsp3) is 0.625. The van der Waals surface area contributed by atoms with E-state index in [2.05, 4.69) is 15.6 Å². The lowest BCUT2D eigenvalue weighted by molar-refractivity contribution is -0.385. The summed E-state index contributed by atoms with van der Waals surface area (Å²) in [6, 6.07) is 2.94. The van der Waals surface area contributed by atoms with Gasteiger partial charge in [-0.3, -0.25) is 10.1 Å². The second-order valence-electron chi connectivity index (χ2n) is 6.95. The molecule has 1 fully saturated rings. The van der Waals surface area contributed by atoms with Crippen molar-refractivity contribution in [2.75, 3.05) is 5.32 Å². The second-order valence-corrected chi connectivity index (χ2v) is 6.95. The van der Waals surface area contributed by atoms with Crippen LogP contribution in [0.15, 0.2) is 18.3 Å². The predicted octanol–water partition coefficient (Wildman–Crippen LogP) is 3.24. The standard InChI is InChI=1S/C16H24N4O4/c1-16(2,3)24-15(21)19-13-7-5-4-6-12(13)18-14-9-8-11(10-17-14)20(22)23/h8-10,12-13H,4-7H2,1-3H3,(H,17,18)(H,19,21)/t12-,13+/m0/s1. The van der Waals surface area contributed by atoms with E-state index in [0.29, 0.717) is 5.82 Å². The Bertz CT molecular complexity index is 583. The molecule has 0 saturated heterocycles. The number of hydrogen-bond donors (Lipinski definition) is 2. The molecule has 1 saturated carbocycles. The van der Waals surface area contributed by atoms with E-state index in [4.69, 9.17) is 4.74 Å². The highest BCUT2D eigenvalue weighted by atomic mass is 16.6. The molecular formula is C16H24N4O4. The molecular weight excluding hydrogens is 312 g/mol. The van der Waals surface area contributed by atoms with E-state index in [9.17, 15) is 14.9 Å². The number of pyridine rings is 1. The second kappa shape index (κ2) is 7.46. The number of carbonyl (C=O) groups is 1. The van der Waals surface area contributed by atoms with Crippen LogP contribution in [0.5, 0.6) is 0 Å². The van der Waals surface area contributed by atoms with E-state index >= 15 is 0 Å². The number of nitrogens with one attached hydrogen (secondary N) is 2. The number of nitro groups is 1. The minimum absolute atomic E-state index is 0.0141. The first-order valence-electron chi connectivity index (χ1n) is 8.11. The topological polar surface area (TPSA) is 106 Å². The SMILES string of the molecule is CC(C)(C)OC(=O)N[C@@H]1CCCC[C@@H]1Nc1ccc([N+](=O)[O-])cn1. The molecule has 0 spiro atoms. The Hall–Kier alpha value is -2.38. The fourth-order valence-corrected chi connectivity index (χ4v) is 2.70. The normalized spacial score (nSPS) is 21.0. The van der Waals surface area contributed by atoms with Crippen LogP contribution in [0.25, 0.3) is 0 Å². The average molecular weight is 336 g/mol. The fourth-order valence-electron chi connectivity index (χ4n) is 2.70. The van der Waals surface area contributed by atoms with Gasteiger partial charge in [-0.2, -0.15) is 0 Å². The Morgan fingerprint density at radius 1 is 1.29 bits per heavy atom. The van der Waals surface area contributed by atoms with Crippen LogP contribution in [-0.2, 0) is 4.74 Å². The number of ether oxygens (including phenoxy) is 1. The number of rotatable bonds is 4. The van der Waals surface area contributed by atoms with Crippen molar-refractivity contribution in [2.45, 2.75) is 64.1 Å². The minimum atomic E-state index is -0.540. The lowest BCUT2D eigenvalue weighted by Gasteiger charge is -2.33. The molecule has 132 valence electrons. The van der Waals surface area contributed by atoms with Crippen molar-refractivity contribution in [3.05, 3.63) is 28.4 Å². The van der Waals surface area contributed by atoms with E-state index < -0.39 is 16.6 Å². The molecule has 0 aliphatic heterocycles. The summed E-state index contributed by atoms with van der Waals surface area (Å²) in [5.74, 6) is 0.559. The first-order chi connectivity index (χ1) is 11.2. The zero-order chi connectivity index (χ0) is 17.7. The quantitative estimate of drug-likeness (QED) is 0.646. The Morgan fingerprint density at radius 2 is 1.96 bits per heavy atom. The van der Waals surface area contributed by atoms with Gasteiger partial charge in [-0.05, 0) is 39.7 Å². The van der Waals surface area contributed by atoms with Crippen LogP contribution in [-0.4, -0.2) is 33.7 Å². The number of hydrogen-bond acceptors (Lipinski definition) is 6. The summed E-state index contributed by atoms with van der Waals surface area (Å²) in [4.78, 5) is 26.3. The maximum Gasteiger partial charge on any atom is 0.407 e. The Kier molecular flexibility index (Phi) is 5.58. The largest absolute Gasteiger partial charge is 0.444 e. The van der Waals surface area contributed by atoms with Crippen molar-refractivity contribution in [2.24, 2.45) is 0 Å². The molecule has 0 radical (unpaired) electrons. The smallest absolute Gasteiger partial charge is 0.407 e. The molecule has 1 heterocycles. The molecule has 24 heavy (non-hydrogen) atoms. The summed E-state index contributed by atoms with van der Waals surface area (Å²) in [6.07, 6.45) is 4.62. The van der Waals surface area contributed by atoms with Crippen LogP contribution in [0, 0.1) is 10.1 Å². The molecule has 2 rings (SSSR count). The molecule has 8 heteroatoms. The zero-order valence-corrected chi connectivity index (χ0v) is 14.2. The predicted molar refractivity (Wildman–Crippen MR) is 89.9 cm³/mol. The third-order valence-electron chi connectivity index (χ3n) is 3.76. The van der Waals surface area contributed by atoms with Gasteiger partial charge in [-0.15, -0.1) is 0 Å². The van der Waals surface area contributed by atoms with Crippen LogP contribution in [0.1, 0.15) is 46.5 Å². The molecule has 8 nitrogen and oxygen atoms in total. The van der Waals surface area contributed by atoms with Gasteiger partial charge in [0.05, 0.1) is 11.0 Å². The summed E-state index contributed by atoms with van der Waals surface area (Å²) < 4.78 is 5.31. The first-order valence-corrected chi connectivity index (χ1v) is 8.11. The number of aromatic nitrogens is 1. The van der Waals surface area contributed by atoms with Crippen LogP contribution >= 0.6 is 0 Å². The Morgan fingerprint density at radius 3 is 2.50 bits per heavy atom. The average Bonchev–Trinajstić information content (AvgIpc) is 2.48. The van der Waals surface area contributed by atoms with Crippen molar-refractivity contribution in [1.82, 2.24) is 10.3 Å². The van der Waals surface area contributed by atoms with E-state index in [0.717, 1.165) is 25.7 Å².